The Labute approximate surface area is 71.9 Å². The highest BCUT2D eigenvalue weighted by molar-refractivity contribution is 8.93. The van der Waals surface area contributed by atoms with E-state index in [9.17, 15) is 0 Å². The number of aliphatic hydroxyl groups is 4. The number of halogens is 1. The van der Waals surface area contributed by atoms with Crippen LogP contribution >= 0.6 is 26.2 Å². The summed E-state index contributed by atoms with van der Waals surface area (Å²) in [5.41, 5.74) is 0. The molecular weight excluding hydrogens is 223 g/mol. The second-order valence-corrected chi connectivity index (χ2v) is 2.18. The Morgan fingerprint density at radius 1 is 1.10 bits per heavy atom. The predicted molar refractivity (Wildman–Crippen MR) is 45.1 cm³/mol. The van der Waals surface area contributed by atoms with E-state index in [1.54, 1.807) is 0 Å². The number of hydrogen-bond donors (Lipinski definition) is 4. The molecule has 0 spiro atoms. The van der Waals surface area contributed by atoms with Crippen LogP contribution in [0.5, 0.6) is 0 Å². The molecule has 4 nitrogen and oxygen atoms in total. The highest BCUT2D eigenvalue weighted by Crippen LogP contribution is 2.00. The van der Waals surface area contributed by atoms with Gasteiger partial charge in [-0.2, -0.15) is 0 Å². The summed E-state index contributed by atoms with van der Waals surface area (Å²) in [6.07, 6.45) is -4.20. The van der Waals surface area contributed by atoms with Gasteiger partial charge in [0.2, 0.25) is 0 Å². The molecular formula is C4H12BrO4P. The highest BCUT2D eigenvalue weighted by atomic mass is 79.9. The first-order chi connectivity index (χ1) is 4.09. The van der Waals surface area contributed by atoms with E-state index < -0.39 is 18.5 Å². The third-order valence-corrected chi connectivity index (χ3v) is 1.42. The molecule has 0 aliphatic rings. The average Bonchev–Trinajstić information content (AvgIpc) is 1.84. The fourth-order valence-electron chi connectivity index (χ4n) is 0.338. The highest BCUT2D eigenvalue weighted by Gasteiger charge is 2.20. The van der Waals surface area contributed by atoms with Crippen molar-refractivity contribution in [1.82, 2.24) is 0 Å². The van der Waals surface area contributed by atoms with Crippen molar-refractivity contribution in [2.24, 2.45) is 0 Å². The summed E-state index contributed by atoms with van der Waals surface area (Å²) >= 11 is 0. The van der Waals surface area contributed by atoms with Crippen LogP contribution in [0.15, 0.2) is 0 Å². The van der Waals surface area contributed by atoms with E-state index >= 15 is 0 Å². The normalized spacial score (nSPS) is 16.2. The molecule has 0 aromatic heterocycles. The lowest BCUT2D eigenvalue weighted by molar-refractivity contribution is -0.152. The molecule has 0 radical (unpaired) electrons. The Bertz CT molecular complexity index is 81.7. The van der Waals surface area contributed by atoms with Crippen molar-refractivity contribution in [3.63, 3.8) is 0 Å². The van der Waals surface area contributed by atoms with Gasteiger partial charge in [0.25, 0.3) is 0 Å². The van der Waals surface area contributed by atoms with Crippen LogP contribution in [-0.2, 0) is 0 Å². The zero-order valence-electron chi connectivity index (χ0n) is 5.21. The summed E-state index contributed by atoms with van der Waals surface area (Å²) in [5.74, 6) is 0. The second-order valence-electron chi connectivity index (χ2n) is 1.71. The Kier molecular flexibility index (Phi) is 8.62. The van der Waals surface area contributed by atoms with E-state index in [0.29, 0.717) is 0 Å². The average molecular weight is 235 g/mol. The number of aliphatic hydroxyl groups excluding tert-OH is 3. The lowest BCUT2D eigenvalue weighted by Gasteiger charge is -2.16. The molecule has 0 rings (SSSR count). The van der Waals surface area contributed by atoms with Gasteiger partial charge in [-0.3, -0.25) is 0 Å². The van der Waals surface area contributed by atoms with Gasteiger partial charge in [0.1, 0.15) is 6.10 Å². The minimum absolute atomic E-state index is 0. The van der Waals surface area contributed by atoms with Crippen molar-refractivity contribution in [3.05, 3.63) is 0 Å². The second kappa shape index (κ2) is 6.46. The quantitative estimate of drug-likeness (QED) is 0.353. The van der Waals surface area contributed by atoms with Crippen molar-refractivity contribution in [3.8, 4) is 0 Å². The molecule has 6 heteroatoms. The van der Waals surface area contributed by atoms with Crippen molar-refractivity contribution in [2.45, 2.75) is 18.5 Å². The third-order valence-electron chi connectivity index (χ3n) is 0.941. The predicted octanol–water partition coefficient (Wildman–Crippen LogP) is -1.53. The van der Waals surface area contributed by atoms with Crippen molar-refractivity contribution >= 4 is 26.2 Å². The molecule has 10 heavy (non-hydrogen) atoms. The maximum absolute atomic E-state index is 8.71. The summed E-state index contributed by atoms with van der Waals surface area (Å²) < 4.78 is 0. The minimum Gasteiger partial charge on any atom is -0.390 e. The van der Waals surface area contributed by atoms with Crippen LogP contribution in [0.3, 0.4) is 0 Å². The molecule has 0 aromatic rings. The first kappa shape index (κ1) is 13.3. The molecule has 0 heterocycles. The number of hydrogen-bond acceptors (Lipinski definition) is 4. The van der Waals surface area contributed by atoms with E-state index in [2.05, 4.69) is 9.24 Å². The Balaban J connectivity index is 0. The van der Waals surface area contributed by atoms with E-state index in [0.717, 1.165) is 0 Å². The molecule has 0 amide bonds. The van der Waals surface area contributed by atoms with E-state index in [-0.39, 0.29) is 23.1 Å². The monoisotopic (exact) mass is 234 g/mol. The molecule has 0 bridgehead atoms. The zero-order chi connectivity index (χ0) is 7.44. The van der Waals surface area contributed by atoms with Crippen LogP contribution in [0.25, 0.3) is 0 Å². The summed E-state index contributed by atoms with van der Waals surface area (Å²) in [5, 5.41) is 33.9. The van der Waals surface area contributed by atoms with Crippen LogP contribution in [0.4, 0.5) is 0 Å². The molecule has 0 aromatic carbocycles. The molecule has 0 aliphatic carbocycles. The topological polar surface area (TPSA) is 80.9 Å². The summed E-state index contributed by atoms with van der Waals surface area (Å²) in [6.45, 7) is 0. The molecule has 3 unspecified atom stereocenters. The van der Waals surface area contributed by atoms with Gasteiger partial charge in [0.15, 0.2) is 6.29 Å². The van der Waals surface area contributed by atoms with Crippen LogP contribution in [0, 0.1) is 0 Å². The van der Waals surface area contributed by atoms with E-state index in [4.69, 9.17) is 20.4 Å². The zero-order valence-corrected chi connectivity index (χ0v) is 8.08. The van der Waals surface area contributed by atoms with Crippen LogP contribution in [0.2, 0.25) is 0 Å². The standard InChI is InChI=1S/C4H11O4P.BrH/c5-2(1-9)3(6)4(7)8;/h2-8H,1,9H2;1H. The molecule has 0 fully saturated rings. The summed E-state index contributed by atoms with van der Waals surface area (Å²) in [4.78, 5) is 0. The lowest BCUT2D eigenvalue weighted by Crippen LogP contribution is -2.37. The SMILES string of the molecule is Br.OC(O)C(O)C(O)CP. The molecule has 64 valence electrons. The van der Waals surface area contributed by atoms with Gasteiger partial charge < -0.3 is 20.4 Å². The van der Waals surface area contributed by atoms with Crippen molar-refractivity contribution in [2.75, 3.05) is 6.16 Å². The lowest BCUT2D eigenvalue weighted by atomic mass is 10.2. The maximum atomic E-state index is 8.71. The van der Waals surface area contributed by atoms with E-state index in [1.165, 1.54) is 0 Å². The van der Waals surface area contributed by atoms with Crippen molar-refractivity contribution in [1.29, 1.82) is 0 Å². The fraction of sp³-hybridized carbons (Fsp3) is 1.00. The van der Waals surface area contributed by atoms with Crippen LogP contribution in [-0.4, -0.2) is 45.1 Å². The molecule has 0 aliphatic heterocycles. The Hall–Kier alpha value is 0.750. The van der Waals surface area contributed by atoms with Crippen molar-refractivity contribution < 1.29 is 20.4 Å². The largest absolute Gasteiger partial charge is 0.390 e. The third kappa shape index (κ3) is 4.55. The Morgan fingerprint density at radius 3 is 1.60 bits per heavy atom. The maximum Gasteiger partial charge on any atom is 0.180 e. The summed E-state index contributed by atoms with van der Waals surface area (Å²) in [6, 6.07) is 0. The molecule has 0 saturated carbocycles. The Morgan fingerprint density at radius 2 is 1.50 bits per heavy atom. The van der Waals surface area contributed by atoms with Gasteiger partial charge in [0.05, 0.1) is 6.10 Å². The van der Waals surface area contributed by atoms with Gasteiger partial charge in [0, 0.05) is 0 Å². The minimum atomic E-state index is -1.86. The first-order valence-corrected chi connectivity index (χ1v) is 3.33. The van der Waals surface area contributed by atoms with Gasteiger partial charge in [-0.05, 0) is 6.16 Å². The van der Waals surface area contributed by atoms with Crippen LogP contribution < -0.4 is 0 Å². The van der Waals surface area contributed by atoms with Gasteiger partial charge in [-0.1, -0.05) is 0 Å². The first-order valence-electron chi connectivity index (χ1n) is 2.52. The smallest absolute Gasteiger partial charge is 0.180 e. The molecule has 0 saturated heterocycles. The van der Waals surface area contributed by atoms with Gasteiger partial charge >= 0.3 is 0 Å². The fourth-order valence-corrected chi connectivity index (χ4v) is 0.617. The van der Waals surface area contributed by atoms with Crippen LogP contribution in [0.1, 0.15) is 0 Å². The summed E-state index contributed by atoms with van der Waals surface area (Å²) in [7, 11) is 2.18. The van der Waals surface area contributed by atoms with Gasteiger partial charge in [-0.25, -0.2) is 0 Å². The number of rotatable bonds is 3. The molecule has 3 atom stereocenters. The van der Waals surface area contributed by atoms with E-state index in [1.807, 2.05) is 0 Å². The van der Waals surface area contributed by atoms with Gasteiger partial charge in [-0.15, -0.1) is 26.2 Å². The molecule has 4 N–H and O–H groups in total.